The fourth-order valence-corrected chi connectivity index (χ4v) is 3.86. The summed E-state index contributed by atoms with van der Waals surface area (Å²) in [6, 6.07) is 8.57. The number of carbonyl (C=O) groups excluding carboxylic acids is 1. The van der Waals surface area contributed by atoms with Crippen molar-refractivity contribution in [1.29, 1.82) is 5.26 Å². The molecule has 5 rings (SSSR count). The number of nitrogens with zero attached hydrogens (tertiary/aromatic N) is 5. The summed E-state index contributed by atoms with van der Waals surface area (Å²) >= 11 is 0. The predicted molar refractivity (Wildman–Crippen MR) is 110 cm³/mol. The fourth-order valence-electron chi connectivity index (χ4n) is 3.86. The molecule has 152 valence electrons. The molecule has 0 saturated heterocycles. The molecule has 1 amide bonds. The molecule has 0 aromatic carbocycles. The van der Waals surface area contributed by atoms with Gasteiger partial charge >= 0.3 is 0 Å². The number of fused-ring (bicyclic) bond motifs is 1. The molecule has 0 radical (unpaired) electrons. The van der Waals surface area contributed by atoms with Gasteiger partial charge in [-0.3, -0.25) is 9.78 Å². The molecule has 0 atom stereocenters. The number of carbonyl (C=O) groups is 1. The van der Waals surface area contributed by atoms with E-state index in [9.17, 15) is 9.18 Å². The SMILES string of the molecule is N#Cc1cnc2nc(C3(c4ccc(NC(=O)c5cncc(F)c5)nc4)CCC3)[nH]c2c1. The molecular formula is C22H16FN7O. The lowest BCUT2D eigenvalue weighted by molar-refractivity contribution is 0.102. The minimum atomic E-state index is -0.579. The average molecular weight is 413 g/mol. The van der Waals surface area contributed by atoms with Gasteiger partial charge in [-0.2, -0.15) is 5.26 Å². The third-order valence-corrected chi connectivity index (χ3v) is 5.65. The van der Waals surface area contributed by atoms with Crippen LogP contribution in [-0.2, 0) is 5.41 Å². The topological polar surface area (TPSA) is 120 Å². The summed E-state index contributed by atoms with van der Waals surface area (Å²) in [7, 11) is 0. The van der Waals surface area contributed by atoms with Crippen molar-refractivity contribution in [3.63, 3.8) is 0 Å². The zero-order valence-corrected chi connectivity index (χ0v) is 16.3. The molecule has 4 aromatic rings. The predicted octanol–water partition coefficient (Wildman–Crippen LogP) is 3.48. The zero-order valence-electron chi connectivity index (χ0n) is 16.3. The van der Waals surface area contributed by atoms with Crippen LogP contribution in [0.1, 0.15) is 46.6 Å². The van der Waals surface area contributed by atoms with E-state index in [1.807, 2.05) is 6.07 Å². The number of pyridine rings is 3. The maximum absolute atomic E-state index is 13.3. The van der Waals surface area contributed by atoms with Gasteiger partial charge < -0.3 is 10.3 Å². The number of aromatic amines is 1. The van der Waals surface area contributed by atoms with Crippen LogP contribution in [0.2, 0.25) is 0 Å². The van der Waals surface area contributed by atoms with Gasteiger partial charge in [-0.25, -0.2) is 19.3 Å². The highest BCUT2D eigenvalue weighted by Crippen LogP contribution is 2.48. The molecule has 1 aliphatic rings. The summed E-state index contributed by atoms with van der Waals surface area (Å²) in [5.41, 5.74) is 2.55. The molecule has 8 nitrogen and oxygen atoms in total. The summed E-state index contributed by atoms with van der Waals surface area (Å²) in [5.74, 6) is 0.0885. The molecule has 0 unspecified atom stereocenters. The molecular weight excluding hydrogens is 397 g/mol. The molecule has 1 fully saturated rings. The van der Waals surface area contributed by atoms with Gasteiger partial charge in [0.1, 0.15) is 23.5 Å². The normalized spacial score (nSPS) is 14.6. The van der Waals surface area contributed by atoms with Gasteiger partial charge in [0.2, 0.25) is 0 Å². The minimum Gasteiger partial charge on any atom is -0.340 e. The van der Waals surface area contributed by atoms with E-state index in [0.717, 1.165) is 48.4 Å². The second-order valence-electron chi connectivity index (χ2n) is 7.51. The highest BCUT2D eigenvalue weighted by molar-refractivity contribution is 6.03. The quantitative estimate of drug-likeness (QED) is 0.528. The number of nitrogens with one attached hydrogen (secondary N) is 2. The lowest BCUT2D eigenvalue weighted by atomic mass is 9.64. The Hall–Kier alpha value is -4.19. The summed E-state index contributed by atoms with van der Waals surface area (Å²) < 4.78 is 13.3. The number of imidazole rings is 1. The zero-order chi connectivity index (χ0) is 21.4. The van der Waals surface area contributed by atoms with E-state index in [4.69, 9.17) is 5.26 Å². The highest BCUT2D eigenvalue weighted by atomic mass is 19.1. The summed E-state index contributed by atoms with van der Waals surface area (Å²) in [4.78, 5) is 32.6. The second-order valence-corrected chi connectivity index (χ2v) is 7.51. The standard InChI is InChI=1S/C22H16FN7O/c23-16-7-14(10-25-12-16)20(31)29-18-3-2-15(11-26-18)22(4-1-5-22)21-28-17-6-13(8-24)9-27-19(17)30-21/h2-3,6-7,9-12H,1,4-5H2,(H,26,29,31)(H,27,28,30). The van der Waals surface area contributed by atoms with Crippen molar-refractivity contribution in [2.24, 2.45) is 0 Å². The lowest BCUT2D eigenvalue weighted by Crippen LogP contribution is -2.36. The van der Waals surface area contributed by atoms with Crippen LogP contribution in [0.3, 0.4) is 0 Å². The Labute approximate surface area is 176 Å². The monoisotopic (exact) mass is 413 g/mol. The first-order valence-corrected chi connectivity index (χ1v) is 9.72. The molecule has 4 aromatic heterocycles. The van der Waals surface area contributed by atoms with Crippen molar-refractivity contribution in [1.82, 2.24) is 24.9 Å². The van der Waals surface area contributed by atoms with Crippen molar-refractivity contribution in [2.45, 2.75) is 24.7 Å². The Morgan fingerprint density at radius 1 is 1.16 bits per heavy atom. The summed E-state index contributed by atoms with van der Waals surface area (Å²) in [6.45, 7) is 0. The Kier molecular flexibility index (Phi) is 4.40. The van der Waals surface area contributed by atoms with Crippen LogP contribution >= 0.6 is 0 Å². The van der Waals surface area contributed by atoms with Crippen LogP contribution in [0.5, 0.6) is 0 Å². The average Bonchev–Trinajstić information content (AvgIpc) is 3.17. The summed E-state index contributed by atoms with van der Waals surface area (Å²) in [6.07, 6.45) is 8.42. The molecule has 1 saturated carbocycles. The van der Waals surface area contributed by atoms with E-state index in [1.54, 1.807) is 18.3 Å². The first-order chi connectivity index (χ1) is 15.1. The van der Waals surface area contributed by atoms with Gasteiger partial charge in [-0.1, -0.05) is 12.5 Å². The molecule has 9 heteroatoms. The van der Waals surface area contributed by atoms with E-state index >= 15 is 0 Å². The van der Waals surface area contributed by atoms with Crippen LogP contribution < -0.4 is 5.32 Å². The number of hydrogen-bond acceptors (Lipinski definition) is 6. The number of H-pyrrole nitrogens is 1. The molecule has 0 aliphatic heterocycles. The minimum absolute atomic E-state index is 0.118. The van der Waals surface area contributed by atoms with Crippen LogP contribution in [0.15, 0.2) is 49.1 Å². The van der Waals surface area contributed by atoms with E-state index < -0.39 is 11.7 Å². The van der Waals surface area contributed by atoms with Gasteiger partial charge in [-0.05, 0) is 36.6 Å². The Morgan fingerprint density at radius 3 is 2.71 bits per heavy atom. The number of amides is 1. The molecule has 1 aliphatic carbocycles. The molecule has 2 N–H and O–H groups in total. The Balaban J connectivity index is 1.41. The van der Waals surface area contributed by atoms with Crippen LogP contribution in [0.4, 0.5) is 10.2 Å². The molecule has 0 spiro atoms. The van der Waals surface area contributed by atoms with Crippen molar-refractivity contribution in [3.05, 3.63) is 77.4 Å². The van der Waals surface area contributed by atoms with Gasteiger partial charge in [0.25, 0.3) is 5.91 Å². The number of hydrogen-bond donors (Lipinski definition) is 2. The maximum atomic E-state index is 13.3. The smallest absolute Gasteiger partial charge is 0.258 e. The highest BCUT2D eigenvalue weighted by Gasteiger charge is 2.43. The first-order valence-electron chi connectivity index (χ1n) is 9.72. The first kappa shape index (κ1) is 18.8. The number of rotatable bonds is 4. The van der Waals surface area contributed by atoms with Crippen LogP contribution in [0, 0.1) is 17.1 Å². The van der Waals surface area contributed by atoms with Crippen molar-refractivity contribution < 1.29 is 9.18 Å². The fraction of sp³-hybridized carbons (Fsp3) is 0.182. The van der Waals surface area contributed by atoms with E-state index in [1.165, 1.54) is 12.4 Å². The lowest BCUT2D eigenvalue weighted by Gasteiger charge is -2.40. The molecule has 31 heavy (non-hydrogen) atoms. The van der Waals surface area contributed by atoms with Crippen molar-refractivity contribution in [2.75, 3.05) is 5.32 Å². The summed E-state index contributed by atoms with van der Waals surface area (Å²) in [5, 5.41) is 11.7. The van der Waals surface area contributed by atoms with Gasteiger partial charge in [-0.15, -0.1) is 0 Å². The van der Waals surface area contributed by atoms with Gasteiger partial charge in [0.15, 0.2) is 5.65 Å². The van der Waals surface area contributed by atoms with Gasteiger partial charge in [0, 0.05) is 18.6 Å². The van der Waals surface area contributed by atoms with Gasteiger partial charge in [0.05, 0.1) is 28.3 Å². The molecule has 4 heterocycles. The number of nitriles is 1. The van der Waals surface area contributed by atoms with E-state index in [0.29, 0.717) is 17.0 Å². The Morgan fingerprint density at radius 2 is 2.03 bits per heavy atom. The van der Waals surface area contributed by atoms with E-state index in [-0.39, 0.29) is 11.0 Å². The van der Waals surface area contributed by atoms with Crippen LogP contribution in [-0.4, -0.2) is 30.8 Å². The number of anilines is 1. The number of aromatic nitrogens is 5. The molecule has 0 bridgehead atoms. The van der Waals surface area contributed by atoms with Crippen LogP contribution in [0.25, 0.3) is 11.2 Å². The second kappa shape index (κ2) is 7.25. The van der Waals surface area contributed by atoms with Crippen molar-refractivity contribution in [3.8, 4) is 6.07 Å². The Bertz CT molecular complexity index is 1340. The number of halogens is 1. The largest absolute Gasteiger partial charge is 0.340 e. The van der Waals surface area contributed by atoms with Crippen molar-refractivity contribution >= 4 is 22.9 Å². The maximum Gasteiger partial charge on any atom is 0.258 e. The third-order valence-electron chi connectivity index (χ3n) is 5.65. The van der Waals surface area contributed by atoms with E-state index in [2.05, 4.69) is 36.3 Å². The third kappa shape index (κ3) is 3.28.